The minimum Gasteiger partial charge on any atom is -0.361 e. The van der Waals surface area contributed by atoms with Gasteiger partial charge in [0.25, 0.3) is 0 Å². The monoisotopic (exact) mass is 266 g/mol. The number of nitrogens with zero attached hydrogens (tertiary/aromatic N) is 1. The van der Waals surface area contributed by atoms with Crippen LogP contribution in [0.3, 0.4) is 0 Å². The minimum absolute atomic E-state index is 0.661. The van der Waals surface area contributed by atoms with Crippen LogP contribution in [0.2, 0.25) is 0 Å². The normalized spacial score (nSPS) is 30.4. The quantitative estimate of drug-likeness (QED) is 0.795. The average molecular weight is 266 g/mol. The molecule has 1 aliphatic heterocycles. The number of hydrogen-bond acceptors (Lipinski definition) is 2. The van der Waals surface area contributed by atoms with Gasteiger partial charge in [-0.2, -0.15) is 0 Å². The second kappa shape index (κ2) is 5.44. The lowest BCUT2D eigenvalue weighted by atomic mass is 9.98. The van der Waals surface area contributed by atoms with Gasteiger partial charge < -0.3 is 5.32 Å². The largest absolute Gasteiger partial charge is 0.361 e. The second-order valence-electron chi connectivity index (χ2n) is 6.77. The topological polar surface area (TPSA) is 24.4 Å². The van der Waals surface area contributed by atoms with Crippen molar-refractivity contribution in [1.29, 1.82) is 0 Å². The van der Waals surface area contributed by atoms with Gasteiger partial charge in [0.1, 0.15) is 0 Å². The van der Waals surface area contributed by atoms with E-state index in [0.717, 1.165) is 30.2 Å². The molecule has 1 atom stereocenters. The molecule has 0 radical (unpaired) electrons. The predicted molar refractivity (Wildman–Crippen MR) is 80.1 cm³/mol. The highest BCUT2D eigenvalue weighted by Crippen LogP contribution is 2.49. The fourth-order valence-electron chi connectivity index (χ4n) is 3.14. The molecule has 0 aromatic rings. The molecule has 3 heteroatoms. The average Bonchev–Trinajstić information content (AvgIpc) is 3.19. The minimum atomic E-state index is 0.661. The Morgan fingerprint density at radius 3 is 2.44 bits per heavy atom. The predicted octanol–water partition coefficient (Wildman–Crippen LogP) is 3.53. The van der Waals surface area contributed by atoms with Gasteiger partial charge >= 0.3 is 0 Å². The maximum absolute atomic E-state index is 4.87. The standard InChI is InChI=1S/C15H26N2S/c1-10(2)7-13-9-18-15(17-13)16-8-14(11-3-4-11)12-5-6-12/h10-14H,3-9H2,1-2H3,(H,16,17). The summed E-state index contributed by atoms with van der Waals surface area (Å²) in [6.45, 7) is 5.70. The fraction of sp³-hybridized carbons (Fsp3) is 0.933. The first-order valence-corrected chi connectivity index (χ1v) is 8.64. The molecule has 3 rings (SSSR count). The van der Waals surface area contributed by atoms with Crippen LogP contribution in [0.15, 0.2) is 4.99 Å². The van der Waals surface area contributed by atoms with Gasteiger partial charge in [-0.25, -0.2) is 0 Å². The van der Waals surface area contributed by atoms with E-state index < -0.39 is 0 Å². The Morgan fingerprint density at radius 1 is 1.22 bits per heavy atom. The molecule has 1 N–H and O–H groups in total. The van der Waals surface area contributed by atoms with E-state index in [2.05, 4.69) is 19.2 Å². The first-order chi connectivity index (χ1) is 8.72. The Labute approximate surface area is 115 Å². The van der Waals surface area contributed by atoms with E-state index in [0.29, 0.717) is 6.04 Å². The third-order valence-corrected chi connectivity index (χ3v) is 5.49. The van der Waals surface area contributed by atoms with E-state index in [1.165, 1.54) is 43.0 Å². The van der Waals surface area contributed by atoms with Crippen molar-refractivity contribution in [1.82, 2.24) is 5.32 Å². The molecule has 3 fully saturated rings. The molecule has 18 heavy (non-hydrogen) atoms. The number of amidine groups is 1. The molecule has 2 saturated carbocycles. The highest BCUT2D eigenvalue weighted by Gasteiger charge is 2.41. The van der Waals surface area contributed by atoms with Crippen molar-refractivity contribution < 1.29 is 0 Å². The van der Waals surface area contributed by atoms with Crippen LogP contribution >= 0.6 is 11.8 Å². The maximum atomic E-state index is 4.87. The lowest BCUT2D eigenvalue weighted by Crippen LogP contribution is -2.28. The molecule has 1 heterocycles. The van der Waals surface area contributed by atoms with Crippen LogP contribution in [0.5, 0.6) is 0 Å². The van der Waals surface area contributed by atoms with Gasteiger partial charge in [-0.1, -0.05) is 25.6 Å². The molecular formula is C15H26N2S. The van der Waals surface area contributed by atoms with E-state index in [1.807, 2.05) is 11.8 Å². The Morgan fingerprint density at radius 2 is 1.89 bits per heavy atom. The molecule has 0 bridgehead atoms. The lowest BCUT2D eigenvalue weighted by Gasteiger charge is -2.14. The van der Waals surface area contributed by atoms with Crippen LogP contribution in [0, 0.1) is 23.7 Å². The van der Waals surface area contributed by atoms with Crippen LogP contribution < -0.4 is 5.32 Å². The van der Waals surface area contributed by atoms with Crippen LogP contribution in [0.4, 0.5) is 0 Å². The van der Waals surface area contributed by atoms with Crippen molar-refractivity contribution >= 4 is 16.9 Å². The zero-order valence-corrected chi connectivity index (χ0v) is 12.5. The smallest absolute Gasteiger partial charge is 0.156 e. The molecule has 0 aromatic carbocycles. The van der Waals surface area contributed by atoms with Crippen molar-refractivity contribution in [3.8, 4) is 0 Å². The fourth-order valence-corrected chi connectivity index (χ4v) is 4.14. The van der Waals surface area contributed by atoms with Crippen molar-refractivity contribution in [2.75, 3.05) is 12.3 Å². The molecule has 102 valence electrons. The third kappa shape index (κ3) is 3.43. The van der Waals surface area contributed by atoms with Gasteiger partial charge in [0.05, 0.1) is 0 Å². The van der Waals surface area contributed by atoms with Crippen molar-refractivity contribution in [3.63, 3.8) is 0 Å². The van der Waals surface area contributed by atoms with E-state index in [-0.39, 0.29) is 0 Å². The van der Waals surface area contributed by atoms with Crippen LogP contribution in [-0.4, -0.2) is 23.5 Å². The summed E-state index contributed by atoms with van der Waals surface area (Å²) in [5, 5.41) is 4.84. The first kappa shape index (κ1) is 12.8. The summed E-state index contributed by atoms with van der Waals surface area (Å²) >= 11 is 1.94. The first-order valence-electron chi connectivity index (χ1n) is 7.66. The van der Waals surface area contributed by atoms with Gasteiger partial charge in [0.15, 0.2) is 5.17 Å². The summed E-state index contributed by atoms with van der Waals surface area (Å²) in [5.74, 6) is 4.98. The molecule has 0 aromatic heterocycles. The second-order valence-corrected chi connectivity index (χ2v) is 7.78. The van der Waals surface area contributed by atoms with Crippen LogP contribution in [0.25, 0.3) is 0 Å². The summed E-state index contributed by atoms with van der Waals surface area (Å²) in [5.41, 5.74) is 0. The number of thioether (sulfide) groups is 1. The van der Waals surface area contributed by atoms with E-state index >= 15 is 0 Å². The Bertz CT molecular complexity index is 306. The lowest BCUT2D eigenvalue weighted by molar-refractivity contribution is 0.417. The van der Waals surface area contributed by atoms with Gasteiger partial charge in [-0.05, 0) is 55.8 Å². The Kier molecular flexibility index (Phi) is 3.88. The Hall–Kier alpha value is -0.180. The van der Waals surface area contributed by atoms with E-state index in [9.17, 15) is 0 Å². The zero-order valence-electron chi connectivity index (χ0n) is 11.7. The number of hydrogen-bond donors (Lipinski definition) is 1. The molecule has 2 aliphatic carbocycles. The van der Waals surface area contributed by atoms with E-state index in [4.69, 9.17) is 4.99 Å². The SMILES string of the molecule is CC(C)CC1CSC(=NCC(C2CC2)C2CC2)N1. The zero-order chi connectivity index (χ0) is 12.5. The van der Waals surface area contributed by atoms with Gasteiger partial charge in [-0.3, -0.25) is 4.99 Å². The third-order valence-electron chi connectivity index (χ3n) is 4.41. The van der Waals surface area contributed by atoms with Crippen molar-refractivity contribution in [2.24, 2.45) is 28.7 Å². The molecule has 0 spiro atoms. The van der Waals surface area contributed by atoms with Gasteiger partial charge in [0, 0.05) is 18.3 Å². The number of aliphatic imine (C=N–C) groups is 1. The summed E-state index contributed by atoms with van der Waals surface area (Å²) in [6.07, 6.45) is 7.18. The number of nitrogens with one attached hydrogen (secondary N) is 1. The molecular weight excluding hydrogens is 240 g/mol. The van der Waals surface area contributed by atoms with Crippen LogP contribution in [0.1, 0.15) is 46.0 Å². The highest BCUT2D eigenvalue weighted by molar-refractivity contribution is 8.14. The van der Waals surface area contributed by atoms with Crippen LogP contribution in [-0.2, 0) is 0 Å². The van der Waals surface area contributed by atoms with E-state index in [1.54, 1.807) is 0 Å². The summed E-state index contributed by atoms with van der Waals surface area (Å²) in [4.78, 5) is 4.87. The van der Waals surface area contributed by atoms with Crippen molar-refractivity contribution in [2.45, 2.75) is 52.0 Å². The summed E-state index contributed by atoms with van der Waals surface area (Å²) in [7, 11) is 0. The molecule has 3 aliphatic rings. The molecule has 2 nitrogen and oxygen atoms in total. The number of rotatable bonds is 6. The summed E-state index contributed by atoms with van der Waals surface area (Å²) < 4.78 is 0. The summed E-state index contributed by atoms with van der Waals surface area (Å²) in [6, 6.07) is 0.661. The molecule has 1 unspecified atom stereocenters. The van der Waals surface area contributed by atoms with Gasteiger partial charge in [0.2, 0.25) is 0 Å². The maximum Gasteiger partial charge on any atom is 0.156 e. The molecule has 1 saturated heterocycles. The van der Waals surface area contributed by atoms with Crippen molar-refractivity contribution in [3.05, 3.63) is 0 Å². The Balaban J connectivity index is 1.47. The van der Waals surface area contributed by atoms with Gasteiger partial charge in [-0.15, -0.1) is 0 Å². The molecule has 0 amide bonds. The highest BCUT2D eigenvalue weighted by atomic mass is 32.2.